The number of aliphatic carboxylic acids is 2. The lowest BCUT2D eigenvalue weighted by molar-refractivity contribution is -0.355. The molecular weight excluding hydrogens is 700 g/mol. The predicted molar refractivity (Wildman–Crippen MR) is 192 cm³/mol. The molecule has 7 fully saturated rings. The summed E-state index contributed by atoms with van der Waals surface area (Å²) in [5, 5.41) is 73.8. The summed E-state index contributed by atoms with van der Waals surface area (Å²) >= 11 is 0. The van der Waals surface area contributed by atoms with E-state index in [1.165, 1.54) is 0 Å². The third-order valence-electron chi connectivity index (χ3n) is 17.3. The Hall–Kier alpha value is -1.68. The predicted octanol–water partition coefficient (Wildman–Crippen LogP) is 3.47. The normalized spacial score (nSPS) is 54.0. The molecule has 0 aromatic heterocycles. The molecular formula is C41H64O13. The van der Waals surface area contributed by atoms with Gasteiger partial charge in [0.2, 0.25) is 0 Å². The van der Waals surface area contributed by atoms with Crippen LogP contribution in [0, 0.1) is 56.7 Å². The number of allylic oxidation sites excluding steroid dienone is 1. The Morgan fingerprint density at radius 1 is 0.741 bits per heavy atom. The van der Waals surface area contributed by atoms with Crippen LogP contribution in [-0.4, -0.2) is 116 Å². The van der Waals surface area contributed by atoms with Crippen LogP contribution in [0.15, 0.2) is 12.2 Å². The van der Waals surface area contributed by atoms with Crippen LogP contribution in [0.2, 0.25) is 0 Å². The Kier molecular flexibility index (Phi) is 10.3. The van der Waals surface area contributed by atoms with Gasteiger partial charge in [0.1, 0.15) is 36.6 Å². The highest BCUT2D eigenvalue weighted by molar-refractivity contribution is 5.76. The van der Waals surface area contributed by atoms with E-state index in [0.717, 1.165) is 56.9 Å². The van der Waals surface area contributed by atoms with Gasteiger partial charge < -0.3 is 54.7 Å². The van der Waals surface area contributed by atoms with Crippen LogP contribution < -0.4 is 0 Å². The summed E-state index contributed by atoms with van der Waals surface area (Å²) in [6.07, 6.45) is -6.38. The molecule has 7 N–H and O–H groups in total. The fourth-order valence-corrected chi connectivity index (χ4v) is 14.3. The van der Waals surface area contributed by atoms with Crippen molar-refractivity contribution >= 4 is 11.9 Å². The van der Waals surface area contributed by atoms with E-state index in [1.54, 1.807) is 0 Å². The van der Waals surface area contributed by atoms with E-state index < -0.39 is 84.2 Å². The molecule has 0 aromatic carbocycles. The second-order valence-corrected chi connectivity index (χ2v) is 19.7. The molecule has 54 heavy (non-hydrogen) atoms. The lowest BCUT2D eigenvalue weighted by Gasteiger charge is -2.73. The Balaban J connectivity index is 1.14. The molecule has 0 aromatic rings. The largest absolute Gasteiger partial charge is 0.481 e. The molecule has 2 heterocycles. The fraction of sp³-hybridized carbons (Fsp3) is 0.902. The molecule has 19 atom stereocenters. The van der Waals surface area contributed by atoms with Gasteiger partial charge >= 0.3 is 11.9 Å². The first-order valence-electron chi connectivity index (χ1n) is 20.3. The fourth-order valence-electron chi connectivity index (χ4n) is 14.3. The van der Waals surface area contributed by atoms with Gasteiger partial charge in [-0.05, 0) is 122 Å². The molecule has 2 saturated heterocycles. The number of rotatable bonds is 7. The minimum atomic E-state index is -1.85. The van der Waals surface area contributed by atoms with Gasteiger partial charge in [-0.1, -0.05) is 46.8 Å². The molecule has 13 heteroatoms. The number of ether oxygens (including phenoxy) is 4. The maximum absolute atomic E-state index is 13.0. The summed E-state index contributed by atoms with van der Waals surface area (Å²) in [6, 6.07) is 0. The summed E-state index contributed by atoms with van der Waals surface area (Å²) in [5.74, 6) is -0.905. The van der Waals surface area contributed by atoms with E-state index in [0.29, 0.717) is 24.7 Å². The van der Waals surface area contributed by atoms with E-state index in [4.69, 9.17) is 18.9 Å². The third kappa shape index (κ3) is 5.72. The summed E-state index contributed by atoms with van der Waals surface area (Å²) in [6.45, 7) is 17.8. The van der Waals surface area contributed by atoms with Crippen LogP contribution >= 0.6 is 0 Å². The summed E-state index contributed by atoms with van der Waals surface area (Å²) in [4.78, 5) is 25.1. The molecule has 7 aliphatic rings. The lowest BCUT2D eigenvalue weighted by atomic mass is 9.32. The monoisotopic (exact) mass is 764 g/mol. The molecule has 2 aliphatic heterocycles. The van der Waals surface area contributed by atoms with E-state index in [1.807, 2.05) is 0 Å². The van der Waals surface area contributed by atoms with Crippen molar-refractivity contribution in [1.29, 1.82) is 0 Å². The van der Waals surface area contributed by atoms with E-state index in [2.05, 4.69) is 48.1 Å². The van der Waals surface area contributed by atoms with Gasteiger partial charge in [-0.25, -0.2) is 4.79 Å². The number of aliphatic hydroxyl groups is 5. The van der Waals surface area contributed by atoms with Gasteiger partial charge in [0.05, 0.1) is 18.1 Å². The van der Waals surface area contributed by atoms with Crippen LogP contribution in [0.1, 0.15) is 106 Å². The zero-order valence-corrected chi connectivity index (χ0v) is 32.7. The van der Waals surface area contributed by atoms with Gasteiger partial charge in [0.15, 0.2) is 18.7 Å². The van der Waals surface area contributed by atoms with Gasteiger partial charge in [-0.3, -0.25) is 4.79 Å². The zero-order chi connectivity index (χ0) is 39.5. The third-order valence-corrected chi connectivity index (χ3v) is 17.3. The maximum atomic E-state index is 13.0. The Labute approximate surface area is 318 Å². The van der Waals surface area contributed by atoms with Crippen LogP contribution in [0.3, 0.4) is 0 Å². The number of carboxylic acid groups (broad SMARTS) is 2. The molecule has 306 valence electrons. The highest BCUT2D eigenvalue weighted by atomic mass is 16.7. The Morgan fingerprint density at radius 2 is 1.44 bits per heavy atom. The van der Waals surface area contributed by atoms with Crippen LogP contribution in [0.5, 0.6) is 0 Å². The van der Waals surface area contributed by atoms with Crippen LogP contribution in [0.25, 0.3) is 0 Å². The number of hydrogen-bond acceptors (Lipinski definition) is 11. The molecule has 5 saturated carbocycles. The highest BCUT2D eigenvalue weighted by Gasteiger charge is 2.72. The van der Waals surface area contributed by atoms with Gasteiger partial charge in [0.25, 0.3) is 0 Å². The van der Waals surface area contributed by atoms with Crippen molar-refractivity contribution in [2.75, 3.05) is 6.61 Å². The van der Waals surface area contributed by atoms with Crippen molar-refractivity contribution in [3.05, 3.63) is 12.2 Å². The van der Waals surface area contributed by atoms with E-state index >= 15 is 0 Å². The van der Waals surface area contributed by atoms with E-state index in [9.17, 15) is 45.3 Å². The van der Waals surface area contributed by atoms with Crippen LogP contribution in [0.4, 0.5) is 0 Å². The second-order valence-electron chi connectivity index (χ2n) is 19.7. The standard InChI is InChI=1S/C41H64O13/c1-19(2)20-10-15-41(36(49)50)17-16-39(6)21(26(20)41)8-9-24-38(5)13-12-25(37(3,4)23(38)11-14-40(24,39)7)52-32-30(29(45)31(33(46)47)53-34(32)48)54-35-28(44)27(43)22(42)18-51-35/h20-32,34-35,42-45,48H,1,8-18H2,2-7H3,(H,46,47)(H,49,50)/t20-,21+,22?,23-,24+,25?,26+,27?,28?,29+,30-,31-,32+,34+,35?,38-,39+,40+,41-/m0/s1. The number of aliphatic hydroxyl groups excluding tert-OH is 5. The number of carboxylic acids is 2. The van der Waals surface area contributed by atoms with E-state index in [-0.39, 0.29) is 40.6 Å². The van der Waals surface area contributed by atoms with Crippen molar-refractivity contribution in [3.8, 4) is 0 Å². The first-order valence-corrected chi connectivity index (χ1v) is 20.3. The molecule has 7 rings (SSSR count). The molecule has 5 aliphatic carbocycles. The highest BCUT2D eigenvalue weighted by Crippen LogP contribution is 2.77. The first-order chi connectivity index (χ1) is 25.2. The molecule has 5 unspecified atom stereocenters. The number of hydrogen-bond donors (Lipinski definition) is 7. The Morgan fingerprint density at radius 3 is 2.09 bits per heavy atom. The van der Waals surface area contributed by atoms with Gasteiger partial charge in [-0.2, -0.15) is 0 Å². The van der Waals surface area contributed by atoms with Crippen molar-refractivity contribution in [1.82, 2.24) is 0 Å². The second kappa shape index (κ2) is 13.7. The average molecular weight is 765 g/mol. The van der Waals surface area contributed by atoms with Crippen LogP contribution in [-0.2, 0) is 28.5 Å². The Bertz CT molecular complexity index is 1490. The number of carbonyl (C=O) groups is 2. The van der Waals surface area contributed by atoms with Crippen molar-refractivity contribution in [2.45, 2.75) is 167 Å². The number of fused-ring (bicyclic) bond motifs is 7. The molecule has 0 radical (unpaired) electrons. The first kappa shape index (κ1) is 40.5. The smallest absolute Gasteiger partial charge is 0.335 e. The maximum Gasteiger partial charge on any atom is 0.335 e. The minimum Gasteiger partial charge on any atom is -0.481 e. The van der Waals surface area contributed by atoms with Gasteiger partial charge in [0, 0.05) is 0 Å². The average Bonchev–Trinajstić information content (AvgIpc) is 3.50. The summed E-state index contributed by atoms with van der Waals surface area (Å²) < 4.78 is 23.4. The molecule has 0 bridgehead atoms. The summed E-state index contributed by atoms with van der Waals surface area (Å²) in [7, 11) is 0. The topological polar surface area (TPSA) is 213 Å². The zero-order valence-electron chi connectivity index (χ0n) is 32.7. The lowest BCUT2D eigenvalue weighted by Crippen LogP contribution is -2.68. The van der Waals surface area contributed by atoms with Crippen molar-refractivity contribution in [2.24, 2.45) is 56.7 Å². The summed E-state index contributed by atoms with van der Waals surface area (Å²) in [5.41, 5.74) is -0.0836. The van der Waals surface area contributed by atoms with Gasteiger partial charge in [-0.15, -0.1) is 0 Å². The minimum absolute atomic E-state index is 0.000906. The van der Waals surface area contributed by atoms with Crippen molar-refractivity contribution < 1.29 is 64.3 Å². The molecule has 13 nitrogen and oxygen atoms in total. The quantitative estimate of drug-likeness (QED) is 0.185. The van der Waals surface area contributed by atoms with Crippen molar-refractivity contribution in [3.63, 3.8) is 0 Å². The SMILES string of the molecule is C=C(C)[C@@H]1CC[C@]2(C(=O)O)CC[C@]3(C)[C@H](CC[C@@H]4[C@@]5(C)CCC(O[C@@H]6[C@@H](OC7OCC(O)C(O)C7O)[C@@H](O)[C@@H](C(=O)O)O[C@H]6O)C(C)(C)[C@@H]5CC[C@]43C)[C@@H]12. The molecule has 0 amide bonds. The molecule has 0 spiro atoms.